The van der Waals surface area contributed by atoms with Crippen molar-refractivity contribution < 1.29 is 4.79 Å². The molecule has 0 unspecified atom stereocenters. The molecule has 3 aromatic rings. The largest absolute Gasteiger partial charge is 0.301 e. The molecule has 9 heteroatoms. The predicted octanol–water partition coefficient (Wildman–Crippen LogP) is 2.16. The van der Waals surface area contributed by atoms with Gasteiger partial charge in [0.2, 0.25) is 11.1 Å². The van der Waals surface area contributed by atoms with E-state index >= 15 is 0 Å². The first-order valence-electron chi connectivity index (χ1n) is 6.40. The monoisotopic (exact) mass is 332 g/mol. The van der Waals surface area contributed by atoms with Gasteiger partial charge >= 0.3 is 0 Å². The van der Waals surface area contributed by atoms with Crippen LogP contribution in [0.4, 0.5) is 5.13 Å². The number of carbonyl (C=O) groups excluding carboxylic acids is 1. The number of carbonyl (C=O) groups is 1. The summed E-state index contributed by atoms with van der Waals surface area (Å²) >= 11 is 2.66. The molecular weight excluding hydrogens is 320 g/mol. The summed E-state index contributed by atoms with van der Waals surface area (Å²) < 4.78 is 1.64. The maximum Gasteiger partial charge on any atom is 0.236 e. The molecule has 0 fully saturated rings. The van der Waals surface area contributed by atoms with Crippen LogP contribution in [0.3, 0.4) is 0 Å². The summed E-state index contributed by atoms with van der Waals surface area (Å²) in [5.74, 6) is 0.0746. The summed E-state index contributed by atoms with van der Waals surface area (Å²) in [5.41, 5.74) is 1.96. The molecule has 0 aliphatic rings. The summed E-state index contributed by atoms with van der Waals surface area (Å²) in [6.07, 6.45) is 1.64. The maximum atomic E-state index is 11.9. The molecule has 0 radical (unpaired) electrons. The molecule has 0 spiro atoms. The van der Waals surface area contributed by atoms with Crippen molar-refractivity contribution in [1.82, 2.24) is 25.2 Å². The number of aryl methyl sites for hydroxylation is 1. The van der Waals surface area contributed by atoms with E-state index in [-0.39, 0.29) is 11.7 Å². The van der Waals surface area contributed by atoms with E-state index in [0.29, 0.717) is 10.3 Å². The van der Waals surface area contributed by atoms with Crippen LogP contribution in [0, 0.1) is 6.92 Å². The Morgan fingerprint density at radius 2 is 2.27 bits per heavy atom. The van der Waals surface area contributed by atoms with Crippen LogP contribution in [0.5, 0.6) is 0 Å². The molecule has 2 heterocycles. The summed E-state index contributed by atoms with van der Waals surface area (Å²) in [6, 6.07) is 7.80. The quantitative estimate of drug-likeness (QED) is 0.721. The van der Waals surface area contributed by atoms with E-state index in [9.17, 15) is 4.79 Å². The summed E-state index contributed by atoms with van der Waals surface area (Å²) in [6.45, 7) is 1.99. The van der Waals surface area contributed by atoms with Crippen molar-refractivity contribution in [3.05, 3.63) is 41.4 Å². The molecule has 0 atom stereocenters. The number of thiazole rings is 1. The van der Waals surface area contributed by atoms with Crippen LogP contribution >= 0.6 is 23.1 Å². The number of nitrogens with one attached hydrogen (secondary N) is 1. The van der Waals surface area contributed by atoms with Gasteiger partial charge < -0.3 is 5.32 Å². The number of aromatic nitrogens is 5. The Bertz CT molecular complexity index is 770. The lowest BCUT2D eigenvalue weighted by molar-refractivity contribution is -0.113. The SMILES string of the molecule is Cc1ccccc1-n1nnnc1SCC(=O)Nc1nccs1. The van der Waals surface area contributed by atoms with Gasteiger partial charge in [0.25, 0.3) is 0 Å². The summed E-state index contributed by atoms with van der Waals surface area (Å²) in [5, 5.41) is 17.4. The molecule has 0 saturated carbocycles. The first kappa shape index (κ1) is 14.7. The molecule has 22 heavy (non-hydrogen) atoms. The van der Waals surface area contributed by atoms with Crippen LogP contribution in [0.15, 0.2) is 41.0 Å². The van der Waals surface area contributed by atoms with E-state index in [4.69, 9.17) is 0 Å². The van der Waals surface area contributed by atoms with Gasteiger partial charge in [-0.2, -0.15) is 4.68 Å². The highest BCUT2D eigenvalue weighted by atomic mass is 32.2. The second-order valence-electron chi connectivity index (χ2n) is 4.33. The number of benzene rings is 1. The minimum absolute atomic E-state index is 0.140. The molecular formula is C13H12N6OS2. The van der Waals surface area contributed by atoms with E-state index in [2.05, 4.69) is 25.8 Å². The molecule has 0 saturated heterocycles. The number of rotatable bonds is 5. The van der Waals surface area contributed by atoms with Gasteiger partial charge in [-0.3, -0.25) is 4.79 Å². The third-order valence-electron chi connectivity index (χ3n) is 2.80. The number of amides is 1. The molecule has 2 aromatic heterocycles. The highest BCUT2D eigenvalue weighted by Gasteiger charge is 2.13. The van der Waals surface area contributed by atoms with Crippen LogP contribution in [-0.4, -0.2) is 36.9 Å². The molecule has 1 N–H and O–H groups in total. The van der Waals surface area contributed by atoms with Crippen LogP contribution in [0.25, 0.3) is 5.69 Å². The Morgan fingerprint density at radius 3 is 3.05 bits per heavy atom. The fourth-order valence-electron chi connectivity index (χ4n) is 1.79. The van der Waals surface area contributed by atoms with Gasteiger partial charge in [-0.1, -0.05) is 30.0 Å². The first-order valence-corrected chi connectivity index (χ1v) is 8.27. The zero-order valence-corrected chi connectivity index (χ0v) is 13.3. The van der Waals surface area contributed by atoms with Crippen LogP contribution in [-0.2, 0) is 4.79 Å². The number of thioether (sulfide) groups is 1. The van der Waals surface area contributed by atoms with Crippen LogP contribution in [0.1, 0.15) is 5.56 Å². The second-order valence-corrected chi connectivity index (χ2v) is 6.17. The molecule has 3 rings (SSSR count). The number of hydrogen-bond acceptors (Lipinski definition) is 7. The minimum Gasteiger partial charge on any atom is -0.301 e. The molecule has 0 aliphatic carbocycles. The van der Waals surface area contributed by atoms with Gasteiger partial charge in [0.15, 0.2) is 5.13 Å². The summed E-state index contributed by atoms with van der Waals surface area (Å²) in [7, 11) is 0. The lowest BCUT2D eigenvalue weighted by Crippen LogP contribution is -2.14. The topological polar surface area (TPSA) is 85.6 Å². The zero-order chi connectivity index (χ0) is 15.4. The van der Waals surface area contributed by atoms with Crippen molar-refractivity contribution in [1.29, 1.82) is 0 Å². The highest BCUT2D eigenvalue weighted by molar-refractivity contribution is 7.99. The Hall–Kier alpha value is -2.26. The number of hydrogen-bond donors (Lipinski definition) is 1. The van der Waals surface area contributed by atoms with Crippen LogP contribution in [0.2, 0.25) is 0 Å². The molecule has 0 bridgehead atoms. The van der Waals surface area contributed by atoms with Crippen molar-refractivity contribution in [3.63, 3.8) is 0 Å². The second kappa shape index (κ2) is 6.67. The van der Waals surface area contributed by atoms with E-state index in [1.54, 1.807) is 10.9 Å². The first-order chi connectivity index (χ1) is 10.7. The third kappa shape index (κ3) is 3.31. The van der Waals surface area contributed by atoms with E-state index < -0.39 is 0 Å². The van der Waals surface area contributed by atoms with E-state index in [1.807, 2.05) is 36.6 Å². The molecule has 1 aromatic carbocycles. The van der Waals surface area contributed by atoms with Gasteiger partial charge in [0.05, 0.1) is 11.4 Å². The fraction of sp³-hybridized carbons (Fsp3) is 0.154. The van der Waals surface area contributed by atoms with Gasteiger partial charge in [-0.15, -0.1) is 16.4 Å². The average molecular weight is 332 g/mol. The Morgan fingerprint density at radius 1 is 1.41 bits per heavy atom. The fourth-order valence-corrected chi connectivity index (χ4v) is 3.02. The lowest BCUT2D eigenvalue weighted by Gasteiger charge is -2.06. The van der Waals surface area contributed by atoms with Crippen molar-refractivity contribution in [3.8, 4) is 5.69 Å². The van der Waals surface area contributed by atoms with Gasteiger partial charge in [-0.25, -0.2) is 4.98 Å². The Labute approximate surface area is 134 Å². The van der Waals surface area contributed by atoms with Crippen molar-refractivity contribution in [2.24, 2.45) is 0 Å². The van der Waals surface area contributed by atoms with E-state index in [1.165, 1.54) is 23.1 Å². The smallest absolute Gasteiger partial charge is 0.236 e. The van der Waals surface area contributed by atoms with E-state index in [0.717, 1.165) is 11.3 Å². The standard InChI is InChI=1S/C13H12N6OS2/c1-9-4-2-3-5-10(9)19-13(16-17-18-19)22-8-11(20)15-12-14-6-7-21-12/h2-7H,8H2,1H3,(H,14,15,20). The highest BCUT2D eigenvalue weighted by Crippen LogP contribution is 2.20. The number of para-hydroxylation sites is 1. The molecule has 0 aliphatic heterocycles. The number of nitrogens with zero attached hydrogens (tertiary/aromatic N) is 5. The van der Waals surface area contributed by atoms with Gasteiger partial charge in [-0.05, 0) is 29.0 Å². The van der Waals surface area contributed by atoms with Crippen molar-refractivity contribution in [2.45, 2.75) is 12.1 Å². The zero-order valence-electron chi connectivity index (χ0n) is 11.6. The number of anilines is 1. The van der Waals surface area contributed by atoms with Gasteiger partial charge in [0.1, 0.15) is 0 Å². The van der Waals surface area contributed by atoms with Crippen molar-refractivity contribution >= 4 is 34.1 Å². The molecule has 112 valence electrons. The summed E-state index contributed by atoms with van der Waals surface area (Å²) in [4.78, 5) is 15.9. The molecule has 7 nitrogen and oxygen atoms in total. The third-order valence-corrected chi connectivity index (χ3v) is 4.40. The Kier molecular flexibility index (Phi) is 4.45. The Balaban J connectivity index is 1.68. The van der Waals surface area contributed by atoms with Crippen molar-refractivity contribution in [2.75, 3.05) is 11.1 Å². The maximum absolute atomic E-state index is 11.9. The minimum atomic E-state index is -0.140. The molecule has 1 amide bonds. The number of tetrazole rings is 1. The van der Waals surface area contributed by atoms with Crippen LogP contribution < -0.4 is 5.32 Å². The normalized spacial score (nSPS) is 10.6. The average Bonchev–Trinajstić information content (AvgIpc) is 3.17. The lowest BCUT2D eigenvalue weighted by atomic mass is 10.2. The predicted molar refractivity (Wildman–Crippen MR) is 85.4 cm³/mol. The van der Waals surface area contributed by atoms with Gasteiger partial charge in [0, 0.05) is 11.6 Å².